The van der Waals surface area contributed by atoms with E-state index in [0.717, 1.165) is 6.07 Å². The molecule has 0 aromatic heterocycles. The second-order valence-electron chi connectivity index (χ2n) is 4.17. The highest BCUT2D eigenvalue weighted by atomic mass is 35.5. The topological polar surface area (TPSA) is 47.9 Å². The molecule has 19 heavy (non-hydrogen) atoms. The van der Waals surface area contributed by atoms with Crippen molar-refractivity contribution in [3.63, 3.8) is 0 Å². The zero-order valence-corrected chi connectivity index (χ0v) is 10.5. The summed E-state index contributed by atoms with van der Waals surface area (Å²) >= 11 is 5.58. The number of nitrogens with one attached hydrogen (secondary N) is 1. The molecular formula is C11H11ClF3N3O. The summed E-state index contributed by atoms with van der Waals surface area (Å²) in [6.45, 7) is -0.470. The Labute approximate surface area is 112 Å². The molecular weight excluding hydrogens is 283 g/mol. The van der Waals surface area contributed by atoms with Crippen LogP contribution in [0.15, 0.2) is 23.2 Å². The van der Waals surface area contributed by atoms with Crippen molar-refractivity contribution < 1.29 is 18.4 Å². The molecule has 0 unspecified atom stereocenters. The normalized spacial score (nSPS) is 18.8. The van der Waals surface area contributed by atoms with Gasteiger partial charge in [-0.15, -0.1) is 0 Å². The van der Waals surface area contributed by atoms with Gasteiger partial charge in [-0.3, -0.25) is 5.21 Å². The summed E-state index contributed by atoms with van der Waals surface area (Å²) in [4.78, 5) is 5.13. The Hall–Kier alpha value is -1.47. The van der Waals surface area contributed by atoms with Crippen LogP contribution in [0.1, 0.15) is 6.42 Å². The maximum absolute atomic E-state index is 13.1. The highest BCUT2D eigenvalue weighted by molar-refractivity contribution is 6.31. The molecule has 1 aromatic carbocycles. The minimum atomic E-state index is -2.81. The number of benzene rings is 1. The highest BCUT2D eigenvalue weighted by Gasteiger charge is 2.39. The van der Waals surface area contributed by atoms with Crippen LogP contribution in [-0.2, 0) is 0 Å². The molecule has 104 valence electrons. The predicted molar refractivity (Wildman–Crippen MR) is 64.6 cm³/mol. The van der Waals surface area contributed by atoms with Crippen LogP contribution in [0.2, 0.25) is 5.02 Å². The summed E-state index contributed by atoms with van der Waals surface area (Å²) in [5.74, 6) is -3.54. The molecule has 2 N–H and O–H groups in total. The number of hydroxylamine groups is 1. The van der Waals surface area contributed by atoms with Gasteiger partial charge in [-0.2, -0.15) is 0 Å². The van der Waals surface area contributed by atoms with Gasteiger partial charge in [0.15, 0.2) is 0 Å². The first-order chi connectivity index (χ1) is 8.91. The number of hydrogen-bond donors (Lipinski definition) is 2. The number of hydrogen-bond acceptors (Lipinski definition) is 2. The van der Waals surface area contributed by atoms with Gasteiger partial charge >= 0.3 is 0 Å². The number of alkyl halides is 2. The van der Waals surface area contributed by atoms with E-state index >= 15 is 0 Å². The van der Waals surface area contributed by atoms with Crippen molar-refractivity contribution in [2.75, 3.05) is 13.1 Å². The van der Waals surface area contributed by atoms with Gasteiger partial charge < -0.3 is 4.90 Å². The quantitative estimate of drug-likeness (QED) is 0.475. The van der Waals surface area contributed by atoms with Crippen molar-refractivity contribution in [3.8, 4) is 0 Å². The lowest BCUT2D eigenvalue weighted by atomic mass is 10.3. The van der Waals surface area contributed by atoms with Gasteiger partial charge in [0.25, 0.3) is 5.92 Å². The monoisotopic (exact) mass is 293 g/mol. The molecule has 0 aliphatic carbocycles. The second kappa shape index (κ2) is 5.26. The fourth-order valence-corrected chi connectivity index (χ4v) is 1.93. The van der Waals surface area contributed by atoms with Crippen molar-refractivity contribution in [1.82, 2.24) is 10.4 Å². The molecule has 0 spiro atoms. The van der Waals surface area contributed by atoms with E-state index in [0.29, 0.717) is 0 Å². The van der Waals surface area contributed by atoms with Gasteiger partial charge in [-0.25, -0.2) is 23.6 Å². The first-order valence-electron chi connectivity index (χ1n) is 5.48. The Bertz CT molecular complexity index is 510. The largest absolute Gasteiger partial charge is 0.335 e. The highest BCUT2D eigenvalue weighted by Crippen LogP contribution is 2.28. The van der Waals surface area contributed by atoms with Gasteiger partial charge in [-0.1, -0.05) is 11.6 Å². The van der Waals surface area contributed by atoms with Crippen molar-refractivity contribution in [2.45, 2.75) is 12.3 Å². The standard InChI is InChI=1S/C11H11ClF3N3O/c12-8-5-7(1-2-9(8)13)16-10(17-19)18-4-3-11(14,15)6-18/h1-2,5,19H,3-4,6H2,(H,16,17). The third kappa shape index (κ3) is 3.30. The number of guanidine groups is 1. The molecule has 8 heteroatoms. The molecule has 0 radical (unpaired) electrons. The Morgan fingerprint density at radius 2 is 2.21 bits per heavy atom. The van der Waals surface area contributed by atoms with E-state index in [1.54, 1.807) is 5.48 Å². The lowest BCUT2D eigenvalue weighted by molar-refractivity contribution is 0.0167. The summed E-state index contributed by atoms with van der Waals surface area (Å²) in [5, 5.41) is 8.83. The molecule has 0 saturated carbocycles. The maximum Gasteiger partial charge on any atom is 0.267 e. The van der Waals surface area contributed by atoms with E-state index in [2.05, 4.69) is 4.99 Å². The molecule has 1 saturated heterocycles. The van der Waals surface area contributed by atoms with Crippen LogP contribution in [0.4, 0.5) is 18.9 Å². The zero-order valence-electron chi connectivity index (χ0n) is 9.71. The summed E-state index contributed by atoms with van der Waals surface area (Å²) in [7, 11) is 0. The molecule has 1 aliphatic heterocycles. The van der Waals surface area contributed by atoms with Crippen molar-refractivity contribution in [2.24, 2.45) is 4.99 Å². The van der Waals surface area contributed by atoms with Crippen molar-refractivity contribution >= 4 is 23.2 Å². The van der Waals surface area contributed by atoms with Crippen LogP contribution in [0.5, 0.6) is 0 Å². The molecule has 1 heterocycles. The van der Waals surface area contributed by atoms with E-state index in [1.165, 1.54) is 17.0 Å². The van der Waals surface area contributed by atoms with E-state index in [9.17, 15) is 13.2 Å². The van der Waals surface area contributed by atoms with E-state index in [1.807, 2.05) is 0 Å². The van der Waals surface area contributed by atoms with Gasteiger partial charge in [-0.05, 0) is 18.2 Å². The minimum absolute atomic E-state index is 0.0638. The Morgan fingerprint density at radius 3 is 2.74 bits per heavy atom. The van der Waals surface area contributed by atoms with Gasteiger partial charge in [0.2, 0.25) is 5.96 Å². The van der Waals surface area contributed by atoms with Crippen LogP contribution >= 0.6 is 11.6 Å². The number of nitrogens with zero attached hydrogens (tertiary/aromatic N) is 2. The first-order valence-corrected chi connectivity index (χ1v) is 5.86. The molecule has 4 nitrogen and oxygen atoms in total. The summed E-state index contributed by atoms with van der Waals surface area (Å²) < 4.78 is 39.1. The molecule has 0 bridgehead atoms. The van der Waals surface area contributed by atoms with Crippen molar-refractivity contribution in [3.05, 3.63) is 29.0 Å². The van der Waals surface area contributed by atoms with Crippen LogP contribution in [-0.4, -0.2) is 35.1 Å². The van der Waals surface area contributed by atoms with E-state index in [-0.39, 0.29) is 29.6 Å². The number of aliphatic imine (C=N–C) groups is 1. The third-order valence-electron chi connectivity index (χ3n) is 2.71. The lowest BCUT2D eigenvalue weighted by Gasteiger charge is -2.18. The molecule has 1 aromatic rings. The van der Waals surface area contributed by atoms with Crippen LogP contribution in [0, 0.1) is 5.82 Å². The second-order valence-corrected chi connectivity index (χ2v) is 4.58. The fraction of sp³-hybridized carbons (Fsp3) is 0.364. The summed E-state index contributed by atoms with van der Waals surface area (Å²) in [6, 6.07) is 3.67. The Balaban J connectivity index is 2.21. The number of rotatable bonds is 1. The smallest absolute Gasteiger partial charge is 0.267 e. The SMILES string of the molecule is ONC(=Nc1ccc(F)c(Cl)c1)N1CCC(F)(F)C1. The van der Waals surface area contributed by atoms with E-state index in [4.69, 9.17) is 16.8 Å². The lowest BCUT2D eigenvalue weighted by Crippen LogP contribution is -2.39. The third-order valence-corrected chi connectivity index (χ3v) is 3.00. The number of likely N-dealkylation sites (tertiary alicyclic amines) is 1. The van der Waals surface area contributed by atoms with Gasteiger partial charge in [0.05, 0.1) is 17.3 Å². The fourth-order valence-electron chi connectivity index (χ4n) is 1.76. The van der Waals surface area contributed by atoms with Gasteiger partial charge in [0.1, 0.15) is 5.82 Å². The average Bonchev–Trinajstić information content (AvgIpc) is 2.71. The Morgan fingerprint density at radius 1 is 1.47 bits per heavy atom. The number of halogens is 4. The summed E-state index contributed by atoms with van der Waals surface area (Å²) in [5.41, 5.74) is 2.02. The zero-order chi connectivity index (χ0) is 14.0. The maximum atomic E-state index is 13.1. The van der Waals surface area contributed by atoms with E-state index < -0.39 is 18.3 Å². The minimum Gasteiger partial charge on any atom is -0.335 e. The molecule has 0 amide bonds. The predicted octanol–water partition coefficient (Wildman–Crippen LogP) is 2.79. The van der Waals surface area contributed by atoms with Crippen LogP contribution < -0.4 is 5.48 Å². The summed E-state index contributed by atoms with van der Waals surface area (Å²) in [6.07, 6.45) is -0.308. The first kappa shape index (κ1) is 14.0. The van der Waals surface area contributed by atoms with Gasteiger partial charge in [0, 0.05) is 13.0 Å². The van der Waals surface area contributed by atoms with Crippen molar-refractivity contribution in [1.29, 1.82) is 0 Å². The molecule has 1 aliphatic rings. The van der Waals surface area contributed by atoms with Crippen LogP contribution in [0.3, 0.4) is 0 Å². The molecule has 2 rings (SSSR count). The molecule has 1 fully saturated rings. The molecule has 0 atom stereocenters. The average molecular weight is 294 g/mol. The Kier molecular flexibility index (Phi) is 3.86. The van der Waals surface area contributed by atoms with Crippen LogP contribution in [0.25, 0.3) is 0 Å².